The molecule has 0 saturated heterocycles. The van der Waals surface area contributed by atoms with Crippen molar-refractivity contribution in [3.63, 3.8) is 0 Å². The van der Waals surface area contributed by atoms with Gasteiger partial charge in [0.15, 0.2) is 0 Å². The molecule has 0 aliphatic heterocycles. The molecule has 4 heteroatoms. The molecule has 1 aromatic carbocycles. The summed E-state index contributed by atoms with van der Waals surface area (Å²) in [5.41, 5.74) is 0.607. The lowest BCUT2D eigenvalue weighted by atomic mass is 9.91. The molecule has 3 nitrogen and oxygen atoms in total. The third-order valence-corrected chi connectivity index (χ3v) is 3.31. The normalized spacial score (nSPS) is 14.2. The summed E-state index contributed by atoms with van der Waals surface area (Å²) in [4.78, 5) is 0. The highest BCUT2D eigenvalue weighted by Gasteiger charge is 2.24. The van der Waals surface area contributed by atoms with Gasteiger partial charge in [0, 0.05) is 25.3 Å². The van der Waals surface area contributed by atoms with E-state index in [0.717, 1.165) is 13.0 Å². The van der Waals surface area contributed by atoms with Gasteiger partial charge >= 0.3 is 0 Å². The maximum atomic E-state index is 14.1. The Morgan fingerprint density at radius 1 is 1.32 bits per heavy atom. The lowest BCUT2D eigenvalue weighted by Gasteiger charge is -2.27. The van der Waals surface area contributed by atoms with E-state index in [0.29, 0.717) is 17.9 Å². The van der Waals surface area contributed by atoms with Gasteiger partial charge in [-0.25, -0.2) is 4.39 Å². The van der Waals surface area contributed by atoms with Crippen LogP contribution in [0.2, 0.25) is 0 Å². The second-order valence-electron chi connectivity index (χ2n) is 4.65. The first kappa shape index (κ1) is 15.9. The number of benzene rings is 1. The molecule has 2 unspecified atom stereocenters. The molecule has 0 saturated carbocycles. The zero-order valence-electron chi connectivity index (χ0n) is 12.2. The van der Waals surface area contributed by atoms with Gasteiger partial charge in [0.1, 0.15) is 11.6 Å². The molecular formula is C15H24FNO2. The van der Waals surface area contributed by atoms with E-state index in [1.54, 1.807) is 26.4 Å². The van der Waals surface area contributed by atoms with Gasteiger partial charge in [0.25, 0.3) is 0 Å². The standard InChI is InChI=1S/C15H24FNO2/c1-5-17-15(11(2)9-10-18-3)14-12(16)7-6-8-13(14)19-4/h6-8,11,15,17H,5,9-10H2,1-4H3. The van der Waals surface area contributed by atoms with Gasteiger partial charge < -0.3 is 14.8 Å². The summed E-state index contributed by atoms with van der Waals surface area (Å²) in [7, 11) is 3.25. The van der Waals surface area contributed by atoms with Crippen LogP contribution in [0.25, 0.3) is 0 Å². The van der Waals surface area contributed by atoms with E-state index in [-0.39, 0.29) is 17.8 Å². The predicted octanol–water partition coefficient (Wildman–Crippen LogP) is 3.16. The molecule has 0 heterocycles. The summed E-state index contributed by atoms with van der Waals surface area (Å²) >= 11 is 0. The average Bonchev–Trinajstić information content (AvgIpc) is 2.42. The van der Waals surface area contributed by atoms with E-state index in [1.165, 1.54) is 6.07 Å². The van der Waals surface area contributed by atoms with Gasteiger partial charge in [-0.05, 0) is 31.0 Å². The Labute approximate surface area is 115 Å². The number of hydrogen-bond donors (Lipinski definition) is 1. The van der Waals surface area contributed by atoms with Gasteiger partial charge in [-0.2, -0.15) is 0 Å². The van der Waals surface area contributed by atoms with Crippen LogP contribution in [-0.4, -0.2) is 27.4 Å². The van der Waals surface area contributed by atoms with Gasteiger partial charge in [-0.3, -0.25) is 0 Å². The molecule has 0 bridgehead atoms. The van der Waals surface area contributed by atoms with Crippen molar-refractivity contribution in [3.8, 4) is 5.75 Å². The maximum Gasteiger partial charge on any atom is 0.131 e. The summed E-state index contributed by atoms with van der Waals surface area (Å²) in [6.07, 6.45) is 0.867. The Morgan fingerprint density at radius 3 is 2.63 bits per heavy atom. The summed E-state index contributed by atoms with van der Waals surface area (Å²) < 4.78 is 24.5. The first-order valence-electron chi connectivity index (χ1n) is 6.70. The molecule has 0 radical (unpaired) electrons. The molecule has 0 aliphatic carbocycles. The summed E-state index contributed by atoms with van der Waals surface area (Å²) in [5, 5.41) is 3.35. The van der Waals surface area contributed by atoms with Gasteiger partial charge in [-0.15, -0.1) is 0 Å². The SMILES string of the molecule is CCNC(c1c(F)cccc1OC)C(C)CCOC. The fraction of sp³-hybridized carbons (Fsp3) is 0.600. The highest BCUT2D eigenvalue weighted by molar-refractivity contribution is 5.37. The molecule has 0 spiro atoms. The van der Waals surface area contributed by atoms with E-state index in [9.17, 15) is 4.39 Å². The molecule has 1 N–H and O–H groups in total. The summed E-state index contributed by atoms with van der Waals surface area (Å²) in [5.74, 6) is 0.621. The van der Waals surface area contributed by atoms with E-state index in [1.807, 2.05) is 6.92 Å². The molecule has 0 amide bonds. The smallest absolute Gasteiger partial charge is 0.131 e. The minimum atomic E-state index is -0.227. The molecule has 0 fully saturated rings. The van der Waals surface area contributed by atoms with Crippen molar-refractivity contribution >= 4 is 0 Å². The molecular weight excluding hydrogens is 245 g/mol. The molecule has 108 valence electrons. The third-order valence-electron chi connectivity index (χ3n) is 3.31. The lowest BCUT2D eigenvalue weighted by Crippen LogP contribution is -2.28. The molecule has 19 heavy (non-hydrogen) atoms. The maximum absolute atomic E-state index is 14.1. The fourth-order valence-corrected chi connectivity index (χ4v) is 2.28. The molecule has 1 rings (SSSR count). The topological polar surface area (TPSA) is 30.5 Å². The Morgan fingerprint density at radius 2 is 2.05 bits per heavy atom. The van der Waals surface area contributed by atoms with Crippen molar-refractivity contribution in [1.82, 2.24) is 5.32 Å². The summed E-state index contributed by atoms with van der Waals surface area (Å²) in [6, 6.07) is 4.87. The summed E-state index contributed by atoms with van der Waals surface area (Å²) in [6.45, 7) is 5.56. The molecule has 1 aromatic rings. The van der Waals surface area contributed by atoms with Crippen LogP contribution in [0.5, 0.6) is 5.75 Å². The highest BCUT2D eigenvalue weighted by Crippen LogP contribution is 2.33. The number of ether oxygens (including phenoxy) is 2. The Kier molecular flexibility index (Phi) is 6.81. The number of methoxy groups -OCH3 is 2. The van der Waals surface area contributed by atoms with Crippen LogP contribution in [0.1, 0.15) is 31.9 Å². The number of rotatable bonds is 8. The van der Waals surface area contributed by atoms with E-state index < -0.39 is 0 Å². The largest absolute Gasteiger partial charge is 0.496 e. The van der Waals surface area contributed by atoms with E-state index >= 15 is 0 Å². The first-order valence-corrected chi connectivity index (χ1v) is 6.70. The fourth-order valence-electron chi connectivity index (χ4n) is 2.28. The van der Waals surface area contributed by atoms with Crippen molar-refractivity contribution in [2.75, 3.05) is 27.4 Å². The minimum absolute atomic E-state index is 0.0729. The second-order valence-corrected chi connectivity index (χ2v) is 4.65. The predicted molar refractivity (Wildman–Crippen MR) is 75.0 cm³/mol. The van der Waals surface area contributed by atoms with Crippen LogP contribution in [-0.2, 0) is 4.74 Å². The van der Waals surface area contributed by atoms with Crippen molar-refractivity contribution in [3.05, 3.63) is 29.6 Å². The zero-order valence-corrected chi connectivity index (χ0v) is 12.2. The van der Waals surface area contributed by atoms with Gasteiger partial charge in [-0.1, -0.05) is 19.9 Å². The third kappa shape index (κ3) is 4.18. The Hall–Kier alpha value is -1.13. The number of hydrogen-bond acceptors (Lipinski definition) is 3. The van der Waals surface area contributed by atoms with Crippen molar-refractivity contribution < 1.29 is 13.9 Å². The zero-order chi connectivity index (χ0) is 14.3. The molecule has 2 atom stereocenters. The monoisotopic (exact) mass is 269 g/mol. The average molecular weight is 269 g/mol. The van der Waals surface area contributed by atoms with Gasteiger partial charge in [0.2, 0.25) is 0 Å². The molecule has 0 aliphatic rings. The van der Waals surface area contributed by atoms with Crippen LogP contribution in [0.15, 0.2) is 18.2 Å². The first-order chi connectivity index (χ1) is 9.15. The van der Waals surface area contributed by atoms with Crippen LogP contribution in [0, 0.1) is 11.7 Å². The quantitative estimate of drug-likeness (QED) is 0.786. The van der Waals surface area contributed by atoms with E-state index in [4.69, 9.17) is 9.47 Å². The van der Waals surface area contributed by atoms with Gasteiger partial charge in [0.05, 0.1) is 7.11 Å². The van der Waals surface area contributed by atoms with E-state index in [2.05, 4.69) is 12.2 Å². The minimum Gasteiger partial charge on any atom is -0.496 e. The van der Waals surface area contributed by atoms with Crippen molar-refractivity contribution in [1.29, 1.82) is 0 Å². The molecule has 0 aromatic heterocycles. The van der Waals surface area contributed by atoms with Crippen LogP contribution >= 0.6 is 0 Å². The van der Waals surface area contributed by atoms with Crippen LogP contribution in [0.3, 0.4) is 0 Å². The Balaban J connectivity index is 3.04. The highest BCUT2D eigenvalue weighted by atomic mass is 19.1. The second kappa shape index (κ2) is 8.12. The van der Waals surface area contributed by atoms with Crippen LogP contribution < -0.4 is 10.1 Å². The van der Waals surface area contributed by atoms with Crippen molar-refractivity contribution in [2.24, 2.45) is 5.92 Å². The number of nitrogens with one attached hydrogen (secondary N) is 1. The van der Waals surface area contributed by atoms with Crippen molar-refractivity contribution in [2.45, 2.75) is 26.3 Å². The number of halogens is 1. The van der Waals surface area contributed by atoms with Crippen LogP contribution in [0.4, 0.5) is 4.39 Å². The lowest BCUT2D eigenvalue weighted by molar-refractivity contribution is 0.169. The Bertz CT molecular complexity index is 384.